The Morgan fingerprint density at radius 3 is 2.95 bits per heavy atom. The lowest BCUT2D eigenvalue weighted by Crippen LogP contribution is -2.54. The Balaban J connectivity index is 1.62. The molecule has 5 heteroatoms. The van der Waals surface area contributed by atoms with Crippen molar-refractivity contribution in [1.82, 2.24) is 15.1 Å². The maximum absolute atomic E-state index is 12.8. The summed E-state index contributed by atoms with van der Waals surface area (Å²) in [4.78, 5) is 17.1. The van der Waals surface area contributed by atoms with E-state index >= 15 is 0 Å². The molecule has 0 radical (unpaired) electrons. The van der Waals surface area contributed by atoms with Crippen molar-refractivity contribution in [2.45, 2.75) is 38.3 Å². The number of carbonyl (C=O) groups excluding carboxylic acids is 1. The van der Waals surface area contributed by atoms with Crippen molar-refractivity contribution in [3.8, 4) is 0 Å². The number of amides is 1. The Hall–Kier alpha value is -1.33. The molecule has 116 valence electrons. The molecule has 1 amide bonds. The van der Waals surface area contributed by atoms with E-state index in [1.54, 1.807) is 6.26 Å². The molecule has 2 aliphatic rings. The number of carbonyl (C=O) groups is 1. The van der Waals surface area contributed by atoms with Gasteiger partial charge in [0.1, 0.15) is 5.76 Å². The highest BCUT2D eigenvalue weighted by molar-refractivity contribution is 5.82. The number of rotatable bonds is 4. The predicted octanol–water partition coefficient (Wildman–Crippen LogP) is 1.11. The topological polar surface area (TPSA) is 48.7 Å². The number of nitrogens with zero attached hydrogens (tertiary/aromatic N) is 2. The summed E-state index contributed by atoms with van der Waals surface area (Å²) in [7, 11) is 0. The van der Waals surface area contributed by atoms with Crippen LogP contribution in [0.5, 0.6) is 0 Å². The number of hydrogen-bond acceptors (Lipinski definition) is 4. The van der Waals surface area contributed by atoms with Gasteiger partial charge in [-0.3, -0.25) is 9.69 Å². The lowest BCUT2D eigenvalue weighted by Gasteiger charge is -2.35. The van der Waals surface area contributed by atoms with E-state index in [4.69, 9.17) is 4.42 Å². The fourth-order valence-corrected chi connectivity index (χ4v) is 3.51. The molecule has 3 heterocycles. The Bertz CT molecular complexity index is 454. The summed E-state index contributed by atoms with van der Waals surface area (Å²) in [6, 6.07) is 4.35. The zero-order chi connectivity index (χ0) is 14.7. The lowest BCUT2D eigenvalue weighted by atomic mass is 10.1. The van der Waals surface area contributed by atoms with E-state index in [9.17, 15) is 4.79 Å². The van der Waals surface area contributed by atoms with Crippen LogP contribution in [0.1, 0.15) is 25.5 Å². The van der Waals surface area contributed by atoms with Gasteiger partial charge in [0.25, 0.3) is 0 Å². The second kappa shape index (κ2) is 6.62. The molecule has 2 atom stereocenters. The van der Waals surface area contributed by atoms with Gasteiger partial charge in [0, 0.05) is 38.6 Å². The van der Waals surface area contributed by atoms with Gasteiger partial charge >= 0.3 is 0 Å². The summed E-state index contributed by atoms with van der Waals surface area (Å²) in [6.45, 7) is 6.74. The largest absolute Gasteiger partial charge is 0.469 e. The Morgan fingerprint density at radius 1 is 1.43 bits per heavy atom. The molecule has 1 aromatic rings. The molecule has 2 aliphatic heterocycles. The van der Waals surface area contributed by atoms with Crippen LogP contribution in [0.25, 0.3) is 0 Å². The SMILES string of the molecule is CC(Cc1ccco1)N1CCCC1C(=O)N1CCNCC1. The maximum atomic E-state index is 12.8. The Morgan fingerprint density at radius 2 is 2.24 bits per heavy atom. The standard InChI is InChI=1S/C16H25N3O2/c1-13(12-14-4-3-11-21-14)19-8-2-5-15(19)16(20)18-9-6-17-7-10-18/h3-4,11,13,15,17H,2,5-10,12H2,1H3. The van der Waals surface area contributed by atoms with Crippen LogP contribution in [0.15, 0.2) is 22.8 Å². The van der Waals surface area contributed by atoms with Gasteiger partial charge in [-0.05, 0) is 38.4 Å². The minimum atomic E-state index is 0.0630. The lowest BCUT2D eigenvalue weighted by molar-refractivity contribution is -0.137. The van der Waals surface area contributed by atoms with Gasteiger partial charge < -0.3 is 14.6 Å². The number of nitrogens with one attached hydrogen (secondary N) is 1. The van der Waals surface area contributed by atoms with Crippen molar-refractivity contribution in [3.05, 3.63) is 24.2 Å². The zero-order valence-electron chi connectivity index (χ0n) is 12.8. The van der Waals surface area contributed by atoms with Gasteiger partial charge in [-0.1, -0.05) is 0 Å². The first kappa shape index (κ1) is 14.6. The number of hydrogen-bond donors (Lipinski definition) is 1. The second-order valence-corrected chi connectivity index (χ2v) is 6.10. The van der Waals surface area contributed by atoms with Crippen LogP contribution >= 0.6 is 0 Å². The summed E-state index contributed by atoms with van der Waals surface area (Å²) in [5, 5.41) is 3.30. The maximum Gasteiger partial charge on any atom is 0.240 e. The van der Waals surface area contributed by atoms with Crippen LogP contribution in [0.4, 0.5) is 0 Å². The molecule has 0 aromatic carbocycles. The summed E-state index contributed by atoms with van der Waals surface area (Å²) >= 11 is 0. The van der Waals surface area contributed by atoms with E-state index in [0.29, 0.717) is 11.9 Å². The van der Waals surface area contributed by atoms with E-state index in [2.05, 4.69) is 17.1 Å². The van der Waals surface area contributed by atoms with Gasteiger partial charge in [0.05, 0.1) is 12.3 Å². The predicted molar refractivity (Wildman–Crippen MR) is 81.1 cm³/mol. The molecule has 0 bridgehead atoms. The second-order valence-electron chi connectivity index (χ2n) is 6.10. The van der Waals surface area contributed by atoms with E-state index in [1.807, 2.05) is 17.0 Å². The number of piperazine rings is 1. The fraction of sp³-hybridized carbons (Fsp3) is 0.688. The molecule has 0 spiro atoms. The highest BCUT2D eigenvalue weighted by Gasteiger charge is 2.36. The van der Waals surface area contributed by atoms with Gasteiger partial charge in [0.2, 0.25) is 5.91 Å². The summed E-state index contributed by atoms with van der Waals surface area (Å²) in [5.74, 6) is 1.32. The van der Waals surface area contributed by atoms with Crippen LogP contribution in [-0.2, 0) is 11.2 Å². The molecule has 3 rings (SSSR count). The number of likely N-dealkylation sites (tertiary alicyclic amines) is 1. The molecule has 2 fully saturated rings. The average Bonchev–Trinajstić information content (AvgIpc) is 3.18. The zero-order valence-corrected chi connectivity index (χ0v) is 12.8. The third-order valence-corrected chi connectivity index (χ3v) is 4.65. The van der Waals surface area contributed by atoms with Gasteiger partial charge in [-0.15, -0.1) is 0 Å². The Kier molecular flexibility index (Phi) is 4.60. The van der Waals surface area contributed by atoms with Crippen molar-refractivity contribution < 1.29 is 9.21 Å². The monoisotopic (exact) mass is 291 g/mol. The minimum absolute atomic E-state index is 0.0630. The quantitative estimate of drug-likeness (QED) is 0.903. The van der Waals surface area contributed by atoms with Crippen molar-refractivity contribution in [1.29, 1.82) is 0 Å². The first-order chi connectivity index (χ1) is 10.3. The molecule has 2 unspecified atom stereocenters. The molecule has 1 N–H and O–H groups in total. The third-order valence-electron chi connectivity index (χ3n) is 4.65. The van der Waals surface area contributed by atoms with Gasteiger partial charge in [0.15, 0.2) is 0 Å². The molecular formula is C16H25N3O2. The first-order valence-electron chi connectivity index (χ1n) is 8.03. The van der Waals surface area contributed by atoms with E-state index in [-0.39, 0.29) is 6.04 Å². The first-order valence-corrected chi connectivity index (χ1v) is 8.03. The molecule has 1 aromatic heterocycles. The highest BCUT2D eigenvalue weighted by Crippen LogP contribution is 2.24. The smallest absolute Gasteiger partial charge is 0.240 e. The summed E-state index contributed by atoms with van der Waals surface area (Å²) in [5.41, 5.74) is 0. The normalized spacial score (nSPS) is 25.2. The van der Waals surface area contributed by atoms with Crippen LogP contribution in [0.2, 0.25) is 0 Å². The minimum Gasteiger partial charge on any atom is -0.469 e. The van der Waals surface area contributed by atoms with Gasteiger partial charge in [-0.2, -0.15) is 0 Å². The molecule has 2 saturated heterocycles. The fourth-order valence-electron chi connectivity index (χ4n) is 3.51. The Labute approximate surface area is 126 Å². The van der Waals surface area contributed by atoms with Gasteiger partial charge in [-0.25, -0.2) is 0 Å². The van der Waals surface area contributed by atoms with Crippen LogP contribution in [-0.4, -0.2) is 60.5 Å². The molecular weight excluding hydrogens is 266 g/mol. The highest BCUT2D eigenvalue weighted by atomic mass is 16.3. The van der Waals surface area contributed by atoms with Crippen molar-refractivity contribution in [2.24, 2.45) is 0 Å². The molecule has 0 saturated carbocycles. The van der Waals surface area contributed by atoms with Crippen molar-refractivity contribution >= 4 is 5.91 Å². The molecule has 21 heavy (non-hydrogen) atoms. The van der Waals surface area contributed by atoms with Crippen LogP contribution in [0.3, 0.4) is 0 Å². The third kappa shape index (κ3) is 3.30. The summed E-state index contributed by atoms with van der Waals surface area (Å²) < 4.78 is 5.45. The van der Waals surface area contributed by atoms with Crippen LogP contribution in [0, 0.1) is 0 Å². The molecule has 0 aliphatic carbocycles. The average molecular weight is 291 g/mol. The number of furan rings is 1. The van der Waals surface area contributed by atoms with E-state index in [0.717, 1.165) is 57.7 Å². The van der Waals surface area contributed by atoms with E-state index < -0.39 is 0 Å². The van der Waals surface area contributed by atoms with Crippen molar-refractivity contribution in [2.75, 3.05) is 32.7 Å². The van der Waals surface area contributed by atoms with Crippen LogP contribution < -0.4 is 5.32 Å². The van der Waals surface area contributed by atoms with Crippen molar-refractivity contribution in [3.63, 3.8) is 0 Å². The summed E-state index contributed by atoms with van der Waals surface area (Å²) in [6.07, 6.45) is 4.70. The molecule has 5 nitrogen and oxygen atoms in total. The van der Waals surface area contributed by atoms with E-state index in [1.165, 1.54) is 0 Å².